The Hall–Kier alpha value is -3.46. The first kappa shape index (κ1) is 24.7. The summed E-state index contributed by atoms with van der Waals surface area (Å²) in [7, 11) is 1.46. The first-order valence-electron chi connectivity index (χ1n) is 11.5. The van der Waals surface area contributed by atoms with Gasteiger partial charge in [0.15, 0.2) is 16.3 Å². The van der Waals surface area contributed by atoms with Gasteiger partial charge in [-0.3, -0.25) is 14.2 Å². The third-order valence-corrected chi connectivity index (χ3v) is 6.97. The number of nitrogens with zero attached hydrogens (tertiary/aromatic N) is 2. The monoisotopic (exact) mass is 496 g/mol. The van der Waals surface area contributed by atoms with Crippen molar-refractivity contribution in [2.24, 2.45) is 10.9 Å². The molecule has 1 aromatic carbocycles. The minimum absolute atomic E-state index is 0.191. The highest BCUT2D eigenvalue weighted by molar-refractivity contribution is 7.07. The van der Waals surface area contributed by atoms with Crippen LogP contribution in [0.25, 0.3) is 6.08 Å². The molecule has 0 radical (unpaired) electrons. The summed E-state index contributed by atoms with van der Waals surface area (Å²) in [5, 5.41) is 0. The second-order valence-electron chi connectivity index (χ2n) is 8.37. The van der Waals surface area contributed by atoms with E-state index in [2.05, 4.69) is 17.1 Å². The molecule has 2 unspecified atom stereocenters. The third kappa shape index (κ3) is 5.00. The predicted octanol–water partition coefficient (Wildman–Crippen LogP) is 3.04. The third-order valence-electron chi connectivity index (χ3n) is 5.97. The van der Waals surface area contributed by atoms with Gasteiger partial charge in [-0.1, -0.05) is 35.6 Å². The summed E-state index contributed by atoms with van der Waals surface area (Å²) in [5.41, 5.74) is 1.19. The van der Waals surface area contributed by atoms with E-state index in [9.17, 15) is 14.4 Å². The maximum atomic E-state index is 13.7. The molecule has 0 saturated carbocycles. The van der Waals surface area contributed by atoms with E-state index in [1.165, 1.54) is 25.4 Å². The van der Waals surface area contributed by atoms with E-state index in [1.807, 2.05) is 6.08 Å². The maximum absolute atomic E-state index is 13.7. The number of thiazole rings is 1. The summed E-state index contributed by atoms with van der Waals surface area (Å²) in [6.45, 7) is 4.97. The number of methoxy groups -OCH3 is 1. The Morgan fingerprint density at radius 2 is 2.06 bits per heavy atom. The number of fused-ring (bicyclic) bond motifs is 1. The van der Waals surface area contributed by atoms with Gasteiger partial charge >= 0.3 is 11.9 Å². The molecule has 8 nitrogen and oxygen atoms in total. The van der Waals surface area contributed by atoms with E-state index in [0.29, 0.717) is 26.3 Å². The number of hydrogen-bond acceptors (Lipinski definition) is 8. The zero-order chi connectivity index (χ0) is 25.1. The van der Waals surface area contributed by atoms with Crippen molar-refractivity contribution in [1.82, 2.24) is 4.57 Å². The van der Waals surface area contributed by atoms with Crippen LogP contribution in [-0.2, 0) is 14.3 Å². The van der Waals surface area contributed by atoms with Crippen LogP contribution in [0.4, 0.5) is 0 Å². The van der Waals surface area contributed by atoms with Crippen LogP contribution >= 0.6 is 11.3 Å². The average molecular weight is 497 g/mol. The second kappa shape index (κ2) is 10.4. The lowest BCUT2D eigenvalue weighted by Gasteiger charge is -2.25. The first-order valence-corrected chi connectivity index (χ1v) is 12.4. The summed E-state index contributed by atoms with van der Waals surface area (Å²) in [6.07, 6.45) is 9.20. The van der Waals surface area contributed by atoms with Gasteiger partial charge < -0.3 is 14.2 Å². The van der Waals surface area contributed by atoms with Gasteiger partial charge in [0, 0.05) is 6.92 Å². The number of carbonyl (C=O) groups excluding carboxylic acids is 2. The van der Waals surface area contributed by atoms with Gasteiger partial charge in [0.1, 0.15) is 0 Å². The van der Waals surface area contributed by atoms with Crippen molar-refractivity contribution in [2.45, 2.75) is 46.1 Å². The van der Waals surface area contributed by atoms with Crippen LogP contribution in [0.2, 0.25) is 0 Å². The summed E-state index contributed by atoms with van der Waals surface area (Å²) in [4.78, 5) is 43.3. The van der Waals surface area contributed by atoms with E-state index in [4.69, 9.17) is 14.2 Å². The van der Waals surface area contributed by atoms with Crippen molar-refractivity contribution < 1.29 is 23.8 Å². The Balaban J connectivity index is 1.91. The van der Waals surface area contributed by atoms with Crippen LogP contribution < -0.4 is 24.4 Å². The van der Waals surface area contributed by atoms with E-state index in [0.717, 1.165) is 19.3 Å². The fourth-order valence-corrected chi connectivity index (χ4v) is 5.51. The van der Waals surface area contributed by atoms with Crippen LogP contribution in [0.3, 0.4) is 0 Å². The Labute approximate surface area is 206 Å². The Kier molecular flexibility index (Phi) is 7.35. The zero-order valence-corrected chi connectivity index (χ0v) is 21.0. The molecule has 2 aliphatic rings. The fourth-order valence-electron chi connectivity index (χ4n) is 4.40. The zero-order valence-electron chi connectivity index (χ0n) is 20.2. The lowest BCUT2D eigenvalue weighted by Crippen LogP contribution is -2.40. The Bertz CT molecular complexity index is 1400. The van der Waals surface area contributed by atoms with Gasteiger partial charge in [-0.2, -0.15) is 0 Å². The largest absolute Gasteiger partial charge is 0.493 e. The lowest BCUT2D eigenvalue weighted by molar-refractivity contribution is -0.139. The molecule has 1 aromatic heterocycles. The smallest absolute Gasteiger partial charge is 0.338 e. The first-order chi connectivity index (χ1) is 16.8. The van der Waals surface area contributed by atoms with Crippen molar-refractivity contribution in [1.29, 1.82) is 0 Å². The van der Waals surface area contributed by atoms with Gasteiger partial charge in [-0.15, -0.1) is 0 Å². The highest BCUT2D eigenvalue weighted by atomic mass is 32.1. The van der Waals surface area contributed by atoms with Gasteiger partial charge in [-0.05, 0) is 56.7 Å². The molecule has 0 bridgehead atoms. The van der Waals surface area contributed by atoms with Gasteiger partial charge in [0.25, 0.3) is 5.56 Å². The molecular formula is C26H28N2O6S. The molecule has 1 aliphatic carbocycles. The van der Waals surface area contributed by atoms with Gasteiger partial charge in [0.05, 0.1) is 35.6 Å². The number of allylic oxidation sites excluding steroid dienone is 3. The van der Waals surface area contributed by atoms with Crippen molar-refractivity contribution in [3.8, 4) is 11.5 Å². The number of aromatic nitrogens is 1. The molecular weight excluding hydrogens is 468 g/mol. The average Bonchev–Trinajstić information content (AvgIpc) is 3.13. The van der Waals surface area contributed by atoms with E-state index >= 15 is 0 Å². The number of benzene rings is 1. The van der Waals surface area contributed by atoms with Gasteiger partial charge in [0.2, 0.25) is 0 Å². The van der Waals surface area contributed by atoms with Crippen LogP contribution in [0, 0.1) is 5.92 Å². The van der Waals surface area contributed by atoms with Crippen LogP contribution in [0.1, 0.15) is 51.6 Å². The SMILES string of the molecule is CCOC(=O)C1=C(C)N=c2sc(=CC3CC=CCC3)c(=O)n2C1c1ccc(OC(C)=O)c(OC)c1. The normalized spacial score (nSPS) is 19.7. The van der Waals surface area contributed by atoms with Gasteiger partial charge in [-0.25, -0.2) is 9.79 Å². The van der Waals surface area contributed by atoms with E-state index in [1.54, 1.807) is 36.6 Å². The fraction of sp³-hybridized carbons (Fsp3) is 0.385. The summed E-state index contributed by atoms with van der Waals surface area (Å²) in [6, 6.07) is 4.22. The van der Waals surface area contributed by atoms with Crippen molar-refractivity contribution in [2.75, 3.05) is 13.7 Å². The van der Waals surface area contributed by atoms with Crippen LogP contribution in [0.15, 0.2) is 51.4 Å². The molecule has 0 fully saturated rings. The lowest BCUT2D eigenvalue weighted by atomic mass is 9.94. The molecule has 9 heteroatoms. The Morgan fingerprint density at radius 1 is 1.26 bits per heavy atom. The number of hydrogen-bond donors (Lipinski definition) is 0. The quantitative estimate of drug-likeness (QED) is 0.347. The molecule has 2 aromatic rings. The number of carbonyl (C=O) groups is 2. The molecule has 0 N–H and O–H groups in total. The molecule has 0 spiro atoms. The van der Waals surface area contributed by atoms with Crippen molar-refractivity contribution in [3.63, 3.8) is 0 Å². The standard InChI is InChI=1S/C26H28N2O6S/c1-5-33-25(31)22-15(2)27-26-28(24(30)21(35-26)13-17-9-7-6-8-10-17)23(22)18-11-12-19(34-16(3)29)20(14-18)32-4/h6-7,11-14,17,23H,5,8-10H2,1-4H3. The molecule has 0 amide bonds. The number of ether oxygens (including phenoxy) is 3. The van der Waals surface area contributed by atoms with Crippen LogP contribution in [0.5, 0.6) is 11.5 Å². The minimum atomic E-state index is -0.765. The summed E-state index contributed by atoms with van der Waals surface area (Å²) < 4.78 is 18.2. The highest BCUT2D eigenvalue weighted by Crippen LogP contribution is 2.36. The van der Waals surface area contributed by atoms with E-state index < -0.39 is 18.0 Å². The van der Waals surface area contributed by atoms with E-state index in [-0.39, 0.29) is 29.4 Å². The second-order valence-corrected chi connectivity index (χ2v) is 9.38. The topological polar surface area (TPSA) is 96.2 Å². The number of rotatable bonds is 6. The number of esters is 2. The summed E-state index contributed by atoms with van der Waals surface area (Å²) in [5.74, 6) is -0.168. The Morgan fingerprint density at radius 3 is 2.71 bits per heavy atom. The minimum Gasteiger partial charge on any atom is -0.493 e. The molecule has 0 saturated heterocycles. The van der Waals surface area contributed by atoms with Crippen molar-refractivity contribution >= 4 is 29.4 Å². The molecule has 184 valence electrons. The predicted molar refractivity (Wildman–Crippen MR) is 132 cm³/mol. The molecule has 35 heavy (non-hydrogen) atoms. The molecule has 4 rings (SSSR count). The molecule has 2 atom stereocenters. The highest BCUT2D eigenvalue weighted by Gasteiger charge is 2.34. The maximum Gasteiger partial charge on any atom is 0.338 e. The van der Waals surface area contributed by atoms with Crippen LogP contribution in [-0.4, -0.2) is 30.2 Å². The molecule has 1 aliphatic heterocycles. The summed E-state index contributed by atoms with van der Waals surface area (Å²) >= 11 is 1.32. The molecule has 2 heterocycles. The van der Waals surface area contributed by atoms with Crippen molar-refractivity contribution in [3.05, 3.63) is 66.9 Å².